The Morgan fingerprint density at radius 3 is 1.89 bits per heavy atom. The number of rotatable bonds is 1. The Bertz CT molecular complexity index is 448. The minimum atomic E-state index is -4.18. The molecule has 2 unspecified atom stereocenters. The first kappa shape index (κ1) is 13.0. The van der Waals surface area contributed by atoms with E-state index in [0.29, 0.717) is 25.7 Å². The van der Waals surface area contributed by atoms with Crippen LogP contribution in [0.5, 0.6) is 0 Å². The van der Waals surface area contributed by atoms with Crippen LogP contribution in [0.4, 0.5) is 13.2 Å². The van der Waals surface area contributed by atoms with Crippen molar-refractivity contribution in [3.8, 4) is 0 Å². The van der Waals surface area contributed by atoms with Crippen molar-refractivity contribution in [2.75, 3.05) is 7.05 Å². The van der Waals surface area contributed by atoms with Crippen molar-refractivity contribution in [1.82, 2.24) is 5.32 Å². The lowest BCUT2D eigenvalue weighted by Gasteiger charge is -2.40. The Kier molecular flexibility index (Phi) is 2.89. The van der Waals surface area contributed by atoms with Crippen LogP contribution in [0.15, 0.2) is 24.3 Å². The van der Waals surface area contributed by atoms with Gasteiger partial charge in [0.15, 0.2) is 0 Å². The first-order chi connectivity index (χ1) is 8.99. The maximum absolute atomic E-state index is 13.7. The van der Waals surface area contributed by atoms with Crippen LogP contribution in [0.1, 0.15) is 24.0 Å². The quantitative estimate of drug-likeness (QED) is 0.824. The smallest absolute Gasteiger partial charge is 0.306 e. The fourth-order valence-electron chi connectivity index (χ4n) is 4.22. The van der Waals surface area contributed by atoms with Crippen LogP contribution in [0.25, 0.3) is 0 Å². The van der Waals surface area contributed by atoms with Crippen molar-refractivity contribution in [3.63, 3.8) is 0 Å². The average molecular weight is 269 g/mol. The van der Waals surface area contributed by atoms with E-state index in [2.05, 4.69) is 5.32 Å². The zero-order chi connectivity index (χ0) is 13.7. The Morgan fingerprint density at radius 2 is 1.53 bits per heavy atom. The fourth-order valence-corrected chi connectivity index (χ4v) is 4.22. The van der Waals surface area contributed by atoms with Gasteiger partial charge in [-0.3, -0.25) is 0 Å². The van der Waals surface area contributed by atoms with E-state index in [-0.39, 0.29) is 11.8 Å². The molecule has 1 nitrogen and oxygen atoms in total. The molecule has 1 aromatic carbocycles. The summed E-state index contributed by atoms with van der Waals surface area (Å²) in [7, 11) is 1.47. The second-order valence-corrected chi connectivity index (χ2v) is 5.76. The van der Waals surface area contributed by atoms with E-state index >= 15 is 0 Å². The van der Waals surface area contributed by atoms with E-state index in [1.807, 2.05) is 24.3 Å². The second kappa shape index (κ2) is 4.23. The van der Waals surface area contributed by atoms with Crippen LogP contribution in [-0.4, -0.2) is 18.8 Å². The van der Waals surface area contributed by atoms with Gasteiger partial charge in [0.05, 0.1) is 0 Å². The molecule has 104 valence electrons. The first-order valence-electron chi connectivity index (χ1n) is 6.81. The molecule has 4 heteroatoms. The van der Waals surface area contributed by atoms with Crippen LogP contribution in [-0.2, 0) is 12.8 Å². The van der Waals surface area contributed by atoms with E-state index in [9.17, 15) is 13.2 Å². The number of hydrogen-bond acceptors (Lipinski definition) is 1. The molecule has 2 bridgehead atoms. The zero-order valence-electron chi connectivity index (χ0n) is 10.9. The lowest BCUT2D eigenvalue weighted by Crippen LogP contribution is -2.62. The highest BCUT2D eigenvalue weighted by Crippen LogP contribution is 2.54. The number of benzene rings is 1. The van der Waals surface area contributed by atoms with E-state index < -0.39 is 11.7 Å². The monoisotopic (exact) mass is 269 g/mol. The molecule has 2 aliphatic carbocycles. The van der Waals surface area contributed by atoms with E-state index in [1.54, 1.807) is 0 Å². The second-order valence-electron chi connectivity index (χ2n) is 5.76. The molecule has 1 saturated carbocycles. The van der Waals surface area contributed by atoms with Gasteiger partial charge in [0.1, 0.15) is 5.54 Å². The molecule has 0 aromatic heterocycles. The molecule has 19 heavy (non-hydrogen) atoms. The summed E-state index contributed by atoms with van der Waals surface area (Å²) in [5, 5.41) is 2.67. The van der Waals surface area contributed by atoms with Gasteiger partial charge in [-0.25, -0.2) is 0 Å². The minimum absolute atomic E-state index is 0.342. The molecule has 2 aliphatic rings. The van der Waals surface area contributed by atoms with Gasteiger partial charge in [0, 0.05) is 0 Å². The topological polar surface area (TPSA) is 12.0 Å². The van der Waals surface area contributed by atoms with E-state index in [0.717, 1.165) is 11.1 Å². The van der Waals surface area contributed by atoms with Crippen molar-refractivity contribution in [3.05, 3.63) is 35.4 Å². The first-order valence-corrected chi connectivity index (χ1v) is 6.81. The van der Waals surface area contributed by atoms with Crippen molar-refractivity contribution in [2.45, 2.75) is 37.4 Å². The summed E-state index contributed by atoms with van der Waals surface area (Å²) in [6, 6.07) is 7.80. The normalized spacial score (nSPS) is 33.9. The van der Waals surface area contributed by atoms with Crippen LogP contribution in [0.2, 0.25) is 0 Å². The van der Waals surface area contributed by atoms with Gasteiger partial charge in [-0.15, -0.1) is 0 Å². The van der Waals surface area contributed by atoms with Gasteiger partial charge >= 0.3 is 6.18 Å². The molecule has 1 fully saturated rings. The molecule has 0 heterocycles. The van der Waals surface area contributed by atoms with Crippen LogP contribution in [0, 0.1) is 11.8 Å². The number of hydrogen-bond donors (Lipinski definition) is 1. The number of halogens is 3. The number of alkyl halides is 3. The molecule has 0 radical (unpaired) electrons. The highest BCUT2D eigenvalue weighted by atomic mass is 19.4. The van der Waals surface area contributed by atoms with E-state index in [4.69, 9.17) is 0 Å². The van der Waals surface area contributed by atoms with Gasteiger partial charge in [-0.1, -0.05) is 24.3 Å². The predicted octanol–water partition coefficient (Wildman–Crippen LogP) is 3.33. The summed E-state index contributed by atoms with van der Waals surface area (Å²) in [4.78, 5) is 0. The molecule has 0 saturated heterocycles. The minimum Gasteiger partial charge on any atom is -0.306 e. The van der Waals surface area contributed by atoms with Crippen LogP contribution < -0.4 is 5.32 Å². The van der Waals surface area contributed by atoms with Gasteiger partial charge < -0.3 is 5.32 Å². The van der Waals surface area contributed by atoms with Crippen molar-refractivity contribution < 1.29 is 13.2 Å². The van der Waals surface area contributed by atoms with Gasteiger partial charge in [0.2, 0.25) is 0 Å². The Labute approximate surface area is 111 Å². The molecule has 0 amide bonds. The third-order valence-corrected chi connectivity index (χ3v) is 5.09. The molecule has 1 N–H and O–H groups in total. The van der Waals surface area contributed by atoms with Crippen molar-refractivity contribution in [1.29, 1.82) is 0 Å². The molecule has 0 aliphatic heterocycles. The van der Waals surface area contributed by atoms with Crippen LogP contribution >= 0.6 is 0 Å². The van der Waals surface area contributed by atoms with E-state index in [1.165, 1.54) is 7.05 Å². The van der Waals surface area contributed by atoms with Crippen LogP contribution in [0.3, 0.4) is 0 Å². The molecule has 3 rings (SSSR count). The Morgan fingerprint density at radius 1 is 1.05 bits per heavy atom. The zero-order valence-corrected chi connectivity index (χ0v) is 10.9. The van der Waals surface area contributed by atoms with Crippen molar-refractivity contribution in [2.24, 2.45) is 11.8 Å². The number of nitrogens with one attached hydrogen (secondary N) is 1. The predicted molar refractivity (Wildman–Crippen MR) is 67.9 cm³/mol. The summed E-state index contributed by atoms with van der Waals surface area (Å²) in [5.74, 6) is -0.683. The molecule has 0 spiro atoms. The summed E-state index contributed by atoms with van der Waals surface area (Å²) < 4.78 is 41.0. The SMILES string of the molecule is CNC1(C(F)(F)F)C2CCC1Cc1ccccc1C2. The summed E-state index contributed by atoms with van der Waals surface area (Å²) in [5.41, 5.74) is 0.489. The summed E-state index contributed by atoms with van der Waals surface area (Å²) in [6.45, 7) is 0. The lowest BCUT2D eigenvalue weighted by atomic mass is 9.78. The molecule has 1 aromatic rings. The maximum atomic E-state index is 13.7. The summed E-state index contributed by atoms with van der Waals surface area (Å²) >= 11 is 0. The standard InChI is InChI=1S/C15H18F3N/c1-19-14(15(16,17)18)12-6-7-13(14)9-11-5-3-2-4-10(11)8-12/h2-5,12-13,19H,6-9H2,1H3. The van der Waals surface area contributed by atoms with Gasteiger partial charge in [0.25, 0.3) is 0 Å². The Hall–Kier alpha value is -1.03. The largest absolute Gasteiger partial charge is 0.407 e. The number of fused-ring (bicyclic) bond motifs is 3. The third kappa shape index (κ3) is 1.72. The maximum Gasteiger partial charge on any atom is 0.407 e. The third-order valence-electron chi connectivity index (χ3n) is 5.09. The average Bonchev–Trinajstić information content (AvgIpc) is 2.61. The van der Waals surface area contributed by atoms with Crippen molar-refractivity contribution >= 4 is 0 Å². The molecular weight excluding hydrogens is 251 g/mol. The van der Waals surface area contributed by atoms with Gasteiger partial charge in [-0.05, 0) is 55.7 Å². The lowest BCUT2D eigenvalue weighted by molar-refractivity contribution is -0.217. The molecular formula is C15H18F3N. The van der Waals surface area contributed by atoms with Gasteiger partial charge in [-0.2, -0.15) is 13.2 Å². The highest BCUT2D eigenvalue weighted by molar-refractivity contribution is 5.33. The summed E-state index contributed by atoms with van der Waals surface area (Å²) in [6.07, 6.45) is -1.78. The highest BCUT2D eigenvalue weighted by Gasteiger charge is 2.65. The molecule has 2 atom stereocenters. The fraction of sp³-hybridized carbons (Fsp3) is 0.600. The Balaban J connectivity index is 2.08.